The molecule has 1 atom stereocenters. The highest BCUT2D eigenvalue weighted by Gasteiger charge is 2.41. The molecule has 0 bridgehead atoms. The predicted molar refractivity (Wildman–Crippen MR) is 91.3 cm³/mol. The number of nitrogens with one attached hydrogen (secondary N) is 1. The van der Waals surface area contributed by atoms with E-state index < -0.39 is 0 Å². The van der Waals surface area contributed by atoms with Crippen molar-refractivity contribution in [2.75, 3.05) is 39.5 Å². The van der Waals surface area contributed by atoms with E-state index in [9.17, 15) is 4.79 Å². The van der Waals surface area contributed by atoms with Crippen LogP contribution < -0.4 is 10.1 Å². The lowest BCUT2D eigenvalue weighted by molar-refractivity contribution is -0.123. The van der Waals surface area contributed by atoms with Gasteiger partial charge in [-0.2, -0.15) is 0 Å². The maximum Gasteiger partial charge on any atom is 0.231 e. The van der Waals surface area contributed by atoms with Crippen LogP contribution in [0.1, 0.15) is 37.2 Å². The summed E-state index contributed by atoms with van der Waals surface area (Å²) in [5, 5.41) is 3.24. The van der Waals surface area contributed by atoms with Crippen LogP contribution >= 0.6 is 0 Å². The van der Waals surface area contributed by atoms with E-state index in [0.717, 1.165) is 44.2 Å². The number of benzene rings is 1. The molecule has 1 aliphatic carbocycles. The van der Waals surface area contributed by atoms with Crippen molar-refractivity contribution in [1.82, 2.24) is 10.2 Å². The highest BCUT2D eigenvalue weighted by Crippen LogP contribution is 2.36. The Morgan fingerprint density at radius 2 is 1.96 bits per heavy atom. The van der Waals surface area contributed by atoms with Gasteiger partial charge in [-0.15, -0.1) is 0 Å². The molecule has 0 aromatic heterocycles. The van der Waals surface area contributed by atoms with Crippen LogP contribution in [0.2, 0.25) is 0 Å². The van der Waals surface area contributed by atoms with Gasteiger partial charge >= 0.3 is 0 Å². The Hall–Kier alpha value is -1.59. The van der Waals surface area contributed by atoms with Gasteiger partial charge < -0.3 is 14.8 Å². The number of rotatable bonds is 4. The summed E-state index contributed by atoms with van der Waals surface area (Å²) in [5.41, 5.74) is 1.14. The van der Waals surface area contributed by atoms with Crippen molar-refractivity contribution >= 4 is 5.91 Å². The first-order valence-electron chi connectivity index (χ1n) is 9.11. The Kier molecular flexibility index (Phi) is 4.46. The van der Waals surface area contributed by atoms with E-state index >= 15 is 0 Å². The number of para-hydroxylation sites is 1. The van der Waals surface area contributed by atoms with Gasteiger partial charge in [0.15, 0.2) is 0 Å². The summed E-state index contributed by atoms with van der Waals surface area (Å²) in [5.74, 6) is 0.769. The molecule has 1 amide bonds. The molecular weight excluding hydrogens is 304 g/mol. The molecule has 0 spiro atoms. The Morgan fingerprint density at radius 1 is 1.21 bits per heavy atom. The Balaban J connectivity index is 1.42. The second-order valence-electron chi connectivity index (χ2n) is 7.15. The fourth-order valence-corrected chi connectivity index (χ4v) is 4.43. The highest BCUT2D eigenvalue weighted by molar-refractivity contribution is 5.85. The van der Waals surface area contributed by atoms with Gasteiger partial charge in [0, 0.05) is 30.7 Å². The molecule has 2 aliphatic heterocycles. The number of fused-ring (bicyclic) bond motifs is 1. The van der Waals surface area contributed by atoms with Gasteiger partial charge in [0.1, 0.15) is 18.3 Å². The van der Waals surface area contributed by atoms with Gasteiger partial charge in [0.25, 0.3) is 0 Å². The van der Waals surface area contributed by atoms with Gasteiger partial charge in [-0.1, -0.05) is 31.0 Å². The molecule has 130 valence electrons. The molecule has 2 fully saturated rings. The molecule has 2 heterocycles. The normalized spacial score (nSPS) is 25.9. The van der Waals surface area contributed by atoms with Crippen molar-refractivity contribution in [3.8, 4) is 5.75 Å². The number of amides is 1. The van der Waals surface area contributed by atoms with E-state index in [-0.39, 0.29) is 17.4 Å². The van der Waals surface area contributed by atoms with Crippen molar-refractivity contribution in [3.05, 3.63) is 29.8 Å². The van der Waals surface area contributed by atoms with E-state index in [2.05, 4.69) is 10.2 Å². The molecule has 1 aromatic rings. The average molecular weight is 330 g/mol. The van der Waals surface area contributed by atoms with Crippen LogP contribution in [0.3, 0.4) is 0 Å². The van der Waals surface area contributed by atoms with Gasteiger partial charge in [-0.3, -0.25) is 9.69 Å². The molecule has 0 radical (unpaired) electrons. The topological polar surface area (TPSA) is 50.8 Å². The third-order valence-electron chi connectivity index (χ3n) is 5.82. The van der Waals surface area contributed by atoms with Crippen molar-refractivity contribution in [2.24, 2.45) is 0 Å². The minimum absolute atomic E-state index is 0.0967. The maximum atomic E-state index is 12.8. The SMILES string of the molecule is O=C(NCC1(N2CCOCC2)CCCC1)C1COc2ccccc21. The minimum atomic E-state index is -0.177. The van der Waals surface area contributed by atoms with E-state index in [1.165, 1.54) is 25.7 Å². The summed E-state index contributed by atoms with van der Waals surface area (Å²) in [6, 6.07) is 7.86. The first-order valence-corrected chi connectivity index (χ1v) is 9.11. The van der Waals surface area contributed by atoms with Gasteiger partial charge in [0.2, 0.25) is 5.91 Å². The fourth-order valence-electron chi connectivity index (χ4n) is 4.43. The molecule has 1 saturated heterocycles. The van der Waals surface area contributed by atoms with E-state index in [1.807, 2.05) is 24.3 Å². The zero-order chi connectivity index (χ0) is 16.4. The van der Waals surface area contributed by atoms with Crippen LogP contribution in [-0.4, -0.2) is 55.8 Å². The lowest BCUT2D eigenvalue weighted by atomic mass is 9.93. The van der Waals surface area contributed by atoms with Gasteiger partial charge in [0.05, 0.1) is 13.2 Å². The number of nitrogens with zero attached hydrogens (tertiary/aromatic N) is 1. The van der Waals surface area contributed by atoms with Gasteiger partial charge in [-0.25, -0.2) is 0 Å². The molecule has 3 aliphatic rings. The number of carbonyl (C=O) groups is 1. The zero-order valence-electron chi connectivity index (χ0n) is 14.1. The van der Waals surface area contributed by atoms with Crippen molar-refractivity contribution in [3.63, 3.8) is 0 Å². The van der Waals surface area contributed by atoms with Crippen molar-refractivity contribution in [2.45, 2.75) is 37.1 Å². The van der Waals surface area contributed by atoms with Crippen LogP contribution in [0.25, 0.3) is 0 Å². The van der Waals surface area contributed by atoms with Crippen LogP contribution in [0.5, 0.6) is 5.75 Å². The van der Waals surface area contributed by atoms with Crippen LogP contribution in [-0.2, 0) is 9.53 Å². The van der Waals surface area contributed by atoms with Crippen LogP contribution in [0.15, 0.2) is 24.3 Å². The zero-order valence-corrected chi connectivity index (χ0v) is 14.1. The molecule has 1 unspecified atom stereocenters. The van der Waals surface area contributed by atoms with E-state index in [0.29, 0.717) is 6.61 Å². The molecular formula is C19H26N2O3. The summed E-state index contributed by atoms with van der Waals surface area (Å²) in [6.45, 7) is 4.76. The van der Waals surface area contributed by atoms with Gasteiger partial charge in [-0.05, 0) is 18.9 Å². The Labute approximate surface area is 143 Å². The first kappa shape index (κ1) is 15.9. The fraction of sp³-hybridized carbons (Fsp3) is 0.632. The Morgan fingerprint density at radius 3 is 2.75 bits per heavy atom. The standard InChI is InChI=1S/C19H26N2O3/c22-18(16-13-24-17-6-2-1-5-15(16)17)20-14-19(7-3-4-8-19)21-9-11-23-12-10-21/h1-2,5-6,16H,3-4,7-14H2,(H,20,22). The number of ether oxygens (including phenoxy) is 2. The summed E-state index contributed by atoms with van der Waals surface area (Å²) in [4.78, 5) is 15.3. The molecule has 5 heteroatoms. The van der Waals surface area contributed by atoms with E-state index in [4.69, 9.17) is 9.47 Å². The quantitative estimate of drug-likeness (QED) is 0.916. The third-order valence-corrected chi connectivity index (χ3v) is 5.82. The predicted octanol–water partition coefficient (Wildman–Crippen LogP) is 1.92. The summed E-state index contributed by atoms with van der Waals surface area (Å²) >= 11 is 0. The molecule has 5 nitrogen and oxygen atoms in total. The smallest absolute Gasteiger partial charge is 0.231 e. The molecule has 24 heavy (non-hydrogen) atoms. The summed E-state index contributed by atoms with van der Waals surface area (Å²) in [6.07, 6.45) is 4.85. The second kappa shape index (κ2) is 6.73. The average Bonchev–Trinajstić information content (AvgIpc) is 3.28. The van der Waals surface area contributed by atoms with E-state index in [1.54, 1.807) is 0 Å². The first-order chi connectivity index (χ1) is 11.8. The highest BCUT2D eigenvalue weighted by atomic mass is 16.5. The molecule has 1 aromatic carbocycles. The van der Waals surface area contributed by atoms with Crippen LogP contribution in [0.4, 0.5) is 0 Å². The number of hydrogen-bond donors (Lipinski definition) is 1. The Bertz CT molecular complexity index is 592. The van der Waals surface area contributed by atoms with Crippen molar-refractivity contribution in [1.29, 1.82) is 0 Å². The monoisotopic (exact) mass is 330 g/mol. The van der Waals surface area contributed by atoms with Crippen LogP contribution in [0, 0.1) is 0 Å². The summed E-state index contributed by atoms with van der Waals surface area (Å²) in [7, 11) is 0. The lowest BCUT2D eigenvalue weighted by Gasteiger charge is -2.43. The lowest BCUT2D eigenvalue weighted by Crippen LogP contribution is -2.57. The van der Waals surface area contributed by atoms with Crippen molar-refractivity contribution < 1.29 is 14.3 Å². The third kappa shape index (κ3) is 2.91. The number of morpholine rings is 1. The minimum Gasteiger partial charge on any atom is -0.492 e. The largest absolute Gasteiger partial charge is 0.492 e. The molecule has 1 saturated carbocycles. The molecule has 4 rings (SSSR count). The molecule has 1 N–H and O–H groups in total. The summed E-state index contributed by atoms with van der Waals surface area (Å²) < 4.78 is 11.2. The number of carbonyl (C=O) groups excluding carboxylic acids is 1. The second-order valence-corrected chi connectivity index (χ2v) is 7.15. The maximum absolute atomic E-state index is 12.8. The number of hydrogen-bond acceptors (Lipinski definition) is 4.